The Balaban J connectivity index is 0.000000101. The molecule has 0 radical (unpaired) electrons. The highest BCUT2D eigenvalue weighted by Crippen LogP contribution is 2.30. The van der Waals surface area contributed by atoms with Gasteiger partial charge in [-0.05, 0) is 108 Å². The fourth-order valence-electron chi connectivity index (χ4n) is 16.1. The molecule has 0 bridgehead atoms. The maximum absolute atomic E-state index is 4.86. The van der Waals surface area contributed by atoms with E-state index >= 15 is 0 Å². The average molecular weight is 1810 g/mol. The van der Waals surface area contributed by atoms with Crippen LogP contribution in [0.1, 0.15) is 45.2 Å². The minimum Gasteiger partial charge on any atom is -0.264 e. The molecular weight excluding hydrogens is 1730 g/mol. The van der Waals surface area contributed by atoms with E-state index in [1.807, 2.05) is 328 Å². The predicted molar refractivity (Wildman–Crippen MR) is 549 cm³/mol. The highest BCUT2D eigenvalue weighted by atomic mass is 15.6. The third kappa shape index (κ3) is 18.6. The van der Waals surface area contributed by atoms with Gasteiger partial charge in [-0.25, -0.2) is 34.9 Å². The molecule has 26 rings (SSSR count). The molecule has 2 aliphatic rings. The molecule has 0 saturated heterocycles. The minimum absolute atomic E-state index is 0.578. The lowest BCUT2D eigenvalue weighted by molar-refractivity contribution is 0.748. The molecule has 664 valence electrons. The van der Waals surface area contributed by atoms with Crippen molar-refractivity contribution in [1.82, 2.24) is 104 Å². The molecule has 0 fully saturated rings. The second kappa shape index (κ2) is 39.5. The smallest absolute Gasteiger partial charge is 0.204 e. The van der Waals surface area contributed by atoms with Crippen molar-refractivity contribution in [3.8, 4) is 90.7 Å². The van der Waals surface area contributed by atoms with Gasteiger partial charge in [-0.15, -0.1) is 74.5 Å². The van der Waals surface area contributed by atoms with Gasteiger partial charge in [0.25, 0.3) is 0 Å². The third-order valence-electron chi connectivity index (χ3n) is 22.9. The number of rotatable bonds is 15. The first kappa shape index (κ1) is 85.6. The van der Waals surface area contributed by atoms with E-state index in [1.165, 1.54) is 16.3 Å². The first-order valence-corrected chi connectivity index (χ1v) is 45.3. The second-order valence-electron chi connectivity index (χ2n) is 32.4. The zero-order valence-electron chi connectivity index (χ0n) is 75.1. The van der Waals surface area contributed by atoms with E-state index in [-0.39, 0.29) is 0 Å². The Morgan fingerprint density at radius 1 is 0.257 bits per heavy atom. The van der Waals surface area contributed by atoms with E-state index in [0.717, 1.165) is 145 Å². The van der Waals surface area contributed by atoms with Crippen LogP contribution in [0.5, 0.6) is 0 Å². The number of fused-ring (bicyclic) bond motifs is 6. The van der Waals surface area contributed by atoms with Gasteiger partial charge in [0.05, 0.1) is 22.3 Å². The molecule has 0 N–H and O–H groups in total. The van der Waals surface area contributed by atoms with Crippen molar-refractivity contribution in [2.75, 3.05) is 0 Å². The summed E-state index contributed by atoms with van der Waals surface area (Å²) >= 11 is 0. The molecule has 0 saturated carbocycles. The topological polar surface area (TPSA) is 279 Å². The van der Waals surface area contributed by atoms with Crippen molar-refractivity contribution in [1.29, 1.82) is 0 Å². The SMILES string of the molecule is C(/c1cccc2ccccc12)=c1\c(-c2ccccc2)nn2nc(-c3ccccc3)nc12.C(/c1ccccn1)=c1\c(-c2ccccc2)nn2nc(-c3ccccc3)nc12.Cc1ccc(-c2nc3/c(=C\c4ccccc4)c(-c4ccccc4)nn3n2)cc1.c1ccc(N=C2C(c3ccccc3)=Nn3nc(-c4cccnc4)nc32)cc1.c1ccc(N=C2C(c3ccccc3)=Nn3nc(-c4cccnc4)nc32)cc1. The number of aryl methyl sites for hydroxylation is 1. The molecule has 11 aromatic heterocycles. The molecule has 140 heavy (non-hydrogen) atoms. The number of hydrogen-bond donors (Lipinski definition) is 0. The Morgan fingerprint density at radius 2 is 0.607 bits per heavy atom. The van der Waals surface area contributed by atoms with Crippen LogP contribution in [0.25, 0.3) is 137 Å². The quantitative estimate of drug-likeness (QED) is 0.0922. The van der Waals surface area contributed by atoms with Crippen molar-refractivity contribution >= 4 is 80.2 Å². The predicted octanol–water partition coefficient (Wildman–Crippen LogP) is 20.3. The van der Waals surface area contributed by atoms with Crippen LogP contribution in [0.2, 0.25) is 0 Å². The van der Waals surface area contributed by atoms with Gasteiger partial charge < -0.3 is 0 Å². The zero-order valence-corrected chi connectivity index (χ0v) is 75.1. The highest BCUT2D eigenvalue weighted by molar-refractivity contribution is 6.55. The summed E-state index contributed by atoms with van der Waals surface area (Å²) in [5.41, 5.74) is 23.4. The van der Waals surface area contributed by atoms with Gasteiger partial charge in [-0.3, -0.25) is 15.0 Å². The molecule has 24 aromatic rings. The molecule has 0 spiro atoms. The van der Waals surface area contributed by atoms with Crippen LogP contribution < -0.4 is 15.7 Å². The van der Waals surface area contributed by atoms with E-state index < -0.39 is 0 Å². The monoisotopic (exact) mass is 1810 g/mol. The molecule has 0 amide bonds. The normalized spacial score (nSPS) is 12.8. The molecule has 13 heterocycles. The Bertz CT molecular complexity index is 8590. The maximum atomic E-state index is 4.86. The van der Waals surface area contributed by atoms with Crippen LogP contribution in [0, 0.1) is 6.92 Å². The zero-order chi connectivity index (χ0) is 93.7. The summed E-state index contributed by atoms with van der Waals surface area (Å²) in [4.78, 5) is 49.2. The van der Waals surface area contributed by atoms with Crippen LogP contribution in [-0.2, 0) is 0 Å². The van der Waals surface area contributed by atoms with Crippen molar-refractivity contribution in [3.63, 3.8) is 0 Å². The number of para-hydroxylation sites is 2. The summed E-state index contributed by atoms with van der Waals surface area (Å²) in [6.45, 7) is 2.07. The van der Waals surface area contributed by atoms with Crippen LogP contribution in [0.15, 0.2) is 464 Å². The Morgan fingerprint density at radius 3 is 1.02 bits per heavy atom. The fraction of sp³-hybridized carbons (Fsp3) is 0.00870. The third-order valence-corrected chi connectivity index (χ3v) is 22.9. The van der Waals surface area contributed by atoms with Gasteiger partial charge >= 0.3 is 0 Å². The Kier molecular flexibility index (Phi) is 24.2. The molecule has 0 aliphatic carbocycles. The van der Waals surface area contributed by atoms with Gasteiger partial charge in [-0.1, -0.05) is 357 Å². The van der Waals surface area contributed by atoms with E-state index in [2.05, 4.69) is 171 Å². The summed E-state index contributed by atoms with van der Waals surface area (Å²) < 4.78 is 4.91. The van der Waals surface area contributed by atoms with E-state index in [0.29, 0.717) is 52.2 Å². The summed E-state index contributed by atoms with van der Waals surface area (Å²) in [5, 5.41) is 51.8. The lowest BCUT2D eigenvalue weighted by Gasteiger charge is -2.02. The van der Waals surface area contributed by atoms with Crippen LogP contribution in [0.3, 0.4) is 0 Å². The highest BCUT2D eigenvalue weighted by Gasteiger charge is 2.32. The van der Waals surface area contributed by atoms with Crippen LogP contribution in [-0.4, -0.2) is 127 Å². The Labute approximate surface area is 801 Å². The number of pyridine rings is 3. The van der Waals surface area contributed by atoms with Crippen molar-refractivity contribution in [2.24, 2.45) is 20.2 Å². The van der Waals surface area contributed by atoms with Crippen LogP contribution >= 0.6 is 0 Å². The number of hydrogen-bond acceptors (Lipinski definition) is 20. The number of aromatic nitrogens is 21. The maximum Gasteiger partial charge on any atom is 0.204 e. The average Bonchev–Trinajstić information content (AvgIpc) is 1.65. The summed E-state index contributed by atoms with van der Waals surface area (Å²) in [6, 6.07) is 136. The molecule has 13 aromatic carbocycles. The van der Waals surface area contributed by atoms with Gasteiger partial charge in [0.2, 0.25) is 11.6 Å². The van der Waals surface area contributed by atoms with E-state index in [1.54, 1.807) is 54.5 Å². The van der Waals surface area contributed by atoms with Gasteiger partial charge in [-0.2, -0.15) is 0 Å². The largest absolute Gasteiger partial charge is 0.264 e. The van der Waals surface area contributed by atoms with Crippen molar-refractivity contribution in [3.05, 3.63) is 504 Å². The summed E-state index contributed by atoms with van der Waals surface area (Å²) in [6.07, 6.45) is 15.0. The molecule has 0 unspecified atom stereocenters. The van der Waals surface area contributed by atoms with Crippen molar-refractivity contribution in [2.45, 2.75) is 6.92 Å². The first-order valence-electron chi connectivity index (χ1n) is 45.3. The van der Waals surface area contributed by atoms with Gasteiger partial charge in [0, 0.05) is 97.1 Å². The molecule has 0 atom stereocenters. The van der Waals surface area contributed by atoms with Crippen molar-refractivity contribution < 1.29 is 0 Å². The summed E-state index contributed by atoms with van der Waals surface area (Å²) in [5.74, 6) is 4.42. The lowest BCUT2D eigenvalue weighted by atomic mass is 10.0. The standard InChI is InChI=1S/C27H18N4.C24H18N4.C22H15N5.2C21H14N6/c1-3-11-20(12-4-1)25-24(18-22-16-9-15-19-10-7-8-17-23(19)22)27-28-26(30-31(27)29-25)21-13-5-2-6-14-21;1-17-12-14-20(15-13-17)23-25-24-21(16-18-8-4-2-5-9-18)22(26-28(24)27-23)19-10-6-3-7-11-19;1-3-9-16(10-4-1)20-19(15-18-13-7-8-14-23-18)22-24-21(26-27(22)25-20)17-11-5-2-6-12-17;2*1-3-8-15(9-4-1)18-19(23-17-11-5-2-6-12-17)21-24-20(26-27(21)25-18)16-10-7-13-22-14-16/h1-18H;2-16H,1H3;1-15H;2*1-14H/b24-18-;21-16-;19-15-;;. The molecule has 2 aliphatic heterocycles. The molecular formula is C115H79N25. The number of nitrogens with zero attached hydrogens (tertiary/aromatic N) is 25. The van der Waals surface area contributed by atoms with Crippen LogP contribution in [0.4, 0.5) is 11.4 Å². The Hall–Kier alpha value is -19.8. The van der Waals surface area contributed by atoms with Gasteiger partial charge in [0.1, 0.15) is 39.9 Å². The minimum atomic E-state index is 0.578. The van der Waals surface area contributed by atoms with Gasteiger partial charge in [0.15, 0.2) is 46.1 Å². The van der Waals surface area contributed by atoms with E-state index in [4.69, 9.17) is 40.2 Å². The number of benzene rings is 13. The summed E-state index contributed by atoms with van der Waals surface area (Å²) in [7, 11) is 0. The second-order valence-corrected chi connectivity index (χ2v) is 32.4. The fourth-order valence-corrected chi connectivity index (χ4v) is 16.1. The molecule has 25 nitrogen and oxygen atoms in total. The first-order chi connectivity index (χ1) is 69.3. The lowest BCUT2D eigenvalue weighted by Crippen LogP contribution is -2.13. The van der Waals surface area contributed by atoms with E-state index in [9.17, 15) is 0 Å². The number of aliphatic imine (C=N–C) groups is 2. The molecule has 25 heteroatoms.